The van der Waals surface area contributed by atoms with E-state index in [4.69, 9.17) is 14.6 Å². The quantitative estimate of drug-likeness (QED) is 0.424. The third-order valence-corrected chi connectivity index (χ3v) is 6.85. The third kappa shape index (κ3) is 6.19. The monoisotopic (exact) mass is 480 g/mol. The molecule has 3 N–H and O–H groups in total. The molecule has 0 heterocycles. The van der Waals surface area contributed by atoms with Gasteiger partial charge in [0.15, 0.2) is 0 Å². The first kappa shape index (κ1) is 24.7. The minimum absolute atomic E-state index is 0.0101. The fraction of sp³-hybridized carbons (Fsp3) is 0.444. The van der Waals surface area contributed by atoms with Gasteiger partial charge in [-0.15, -0.1) is 0 Å². The molecule has 2 aromatic rings. The van der Waals surface area contributed by atoms with Crippen LogP contribution in [0.1, 0.15) is 42.7 Å². The molecule has 2 aliphatic rings. The predicted octanol–water partition coefficient (Wildman–Crippen LogP) is 3.55. The standard InChI is InChI=1S/C27H32N2O6/c30-25(31)12-14-34-15-13-28-26(32)19-11-5-6-18(19)16-29-27(33)35-17-24-22-9-3-1-7-20(22)21-8-2-4-10-23(21)24/h1-4,7-10,18-19,24H,5-6,11-17H2,(H,28,32)(H,29,33)(H,30,31)/t18-,19-/m0/s1. The molecule has 2 aromatic carbocycles. The number of nitrogens with one attached hydrogen (secondary N) is 2. The normalized spacial score (nSPS) is 18.5. The summed E-state index contributed by atoms with van der Waals surface area (Å²) < 4.78 is 10.8. The van der Waals surface area contributed by atoms with Crippen molar-refractivity contribution in [3.05, 3.63) is 59.7 Å². The molecule has 35 heavy (non-hydrogen) atoms. The van der Waals surface area contributed by atoms with Gasteiger partial charge in [-0.05, 0) is 41.0 Å². The summed E-state index contributed by atoms with van der Waals surface area (Å²) in [7, 11) is 0. The van der Waals surface area contributed by atoms with Gasteiger partial charge in [-0.1, -0.05) is 55.0 Å². The maximum atomic E-state index is 12.6. The molecule has 8 heteroatoms. The Kier molecular flexibility index (Phi) is 8.36. The van der Waals surface area contributed by atoms with Gasteiger partial charge < -0.3 is 25.2 Å². The zero-order valence-corrected chi connectivity index (χ0v) is 19.7. The van der Waals surface area contributed by atoms with Gasteiger partial charge >= 0.3 is 12.1 Å². The van der Waals surface area contributed by atoms with Crippen LogP contribution in [-0.4, -0.2) is 56.0 Å². The molecule has 0 radical (unpaired) electrons. The maximum absolute atomic E-state index is 12.6. The molecule has 0 bridgehead atoms. The molecule has 0 aromatic heterocycles. The second kappa shape index (κ2) is 11.8. The number of hydrogen-bond donors (Lipinski definition) is 3. The van der Waals surface area contributed by atoms with Crippen LogP contribution in [0.15, 0.2) is 48.5 Å². The van der Waals surface area contributed by atoms with Crippen molar-refractivity contribution in [2.75, 3.05) is 32.9 Å². The Hall–Kier alpha value is -3.39. The zero-order chi connectivity index (χ0) is 24.6. The van der Waals surface area contributed by atoms with Crippen molar-refractivity contribution in [3.8, 4) is 11.1 Å². The molecule has 1 saturated carbocycles. The smallest absolute Gasteiger partial charge is 0.407 e. The molecule has 1 fully saturated rings. The van der Waals surface area contributed by atoms with Crippen LogP contribution in [0, 0.1) is 11.8 Å². The Balaban J connectivity index is 1.21. The molecule has 2 atom stereocenters. The predicted molar refractivity (Wildman–Crippen MR) is 130 cm³/mol. The number of benzene rings is 2. The second-order valence-electron chi connectivity index (χ2n) is 9.05. The van der Waals surface area contributed by atoms with Crippen LogP contribution in [0.25, 0.3) is 11.1 Å². The number of carboxylic acid groups (broad SMARTS) is 1. The molecule has 0 unspecified atom stereocenters. The Bertz CT molecular complexity index is 1010. The van der Waals surface area contributed by atoms with Gasteiger partial charge in [0.1, 0.15) is 6.61 Å². The van der Waals surface area contributed by atoms with E-state index in [2.05, 4.69) is 34.9 Å². The first-order chi connectivity index (χ1) is 17.0. The van der Waals surface area contributed by atoms with Crippen molar-refractivity contribution >= 4 is 18.0 Å². The lowest BCUT2D eigenvalue weighted by Gasteiger charge is -2.20. The Morgan fingerprint density at radius 1 is 0.914 bits per heavy atom. The Morgan fingerprint density at radius 3 is 2.29 bits per heavy atom. The highest BCUT2D eigenvalue weighted by Crippen LogP contribution is 2.44. The largest absolute Gasteiger partial charge is 0.481 e. The van der Waals surface area contributed by atoms with E-state index in [1.54, 1.807) is 0 Å². The molecular weight excluding hydrogens is 448 g/mol. The highest BCUT2D eigenvalue weighted by molar-refractivity contribution is 5.80. The van der Waals surface area contributed by atoms with Crippen LogP contribution >= 0.6 is 0 Å². The van der Waals surface area contributed by atoms with E-state index in [1.165, 1.54) is 22.3 Å². The lowest BCUT2D eigenvalue weighted by molar-refractivity contribution is -0.138. The molecule has 2 aliphatic carbocycles. The average molecular weight is 481 g/mol. The lowest BCUT2D eigenvalue weighted by Crippen LogP contribution is -2.39. The first-order valence-electron chi connectivity index (χ1n) is 12.2. The number of ether oxygens (including phenoxy) is 2. The summed E-state index contributed by atoms with van der Waals surface area (Å²) in [6.07, 6.45) is 2.06. The van der Waals surface area contributed by atoms with Crippen molar-refractivity contribution in [1.82, 2.24) is 10.6 Å². The van der Waals surface area contributed by atoms with Crippen molar-refractivity contribution < 1.29 is 29.0 Å². The van der Waals surface area contributed by atoms with E-state index in [0.717, 1.165) is 19.3 Å². The zero-order valence-electron chi connectivity index (χ0n) is 19.7. The number of carboxylic acids is 1. The van der Waals surface area contributed by atoms with Crippen LogP contribution in [-0.2, 0) is 19.1 Å². The van der Waals surface area contributed by atoms with Gasteiger partial charge in [-0.25, -0.2) is 4.79 Å². The summed E-state index contributed by atoms with van der Waals surface area (Å²) in [6, 6.07) is 16.4. The van der Waals surface area contributed by atoms with Crippen molar-refractivity contribution in [2.45, 2.75) is 31.6 Å². The number of rotatable bonds is 11. The molecule has 0 spiro atoms. The summed E-state index contributed by atoms with van der Waals surface area (Å²) in [4.78, 5) is 35.5. The number of carbonyl (C=O) groups is 3. The number of hydrogen-bond acceptors (Lipinski definition) is 5. The molecular formula is C27H32N2O6. The molecule has 2 amide bonds. The van der Waals surface area contributed by atoms with E-state index < -0.39 is 12.1 Å². The topological polar surface area (TPSA) is 114 Å². The molecule has 8 nitrogen and oxygen atoms in total. The average Bonchev–Trinajstić information content (AvgIpc) is 3.46. The third-order valence-electron chi connectivity index (χ3n) is 6.85. The lowest BCUT2D eigenvalue weighted by atomic mass is 9.95. The maximum Gasteiger partial charge on any atom is 0.407 e. The molecule has 4 rings (SSSR count). The summed E-state index contributed by atoms with van der Waals surface area (Å²) in [6.45, 7) is 1.39. The second-order valence-corrected chi connectivity index (χ2v) is 9.05. The van der Waals surface area contributed by atoms with E-state index >= 15 is 0 Å². The molecule has 0 saturated heterocycles. The van der Waals surface area contributed by atoms with Gasteiger partial charge in [0.2, 0.25) is 5.91 Å². The number of alkyl carbamates (subject to hydrolysis) is 1. The van der Waals surface area contributed by atoms with Crippen LogP contribution < -0.4 is 10.6 Å². The van der Waals surface area contributed by atoms with Crippen molar-refractivity contribution in [1.29, 1.82) is 0 Å². The van der Waals surface area contributed by atoms with Crippen LogP contribution in [0.4, 0.5) is 4.79 Å². The first-order valence-corrected chi connectivity index (χ1v) is 12.2. The fourth-order valence-electron chi connectivity index (χ4n) is 5.13. The van der Waals surface area contributed by atoms with Gasteiger partial charge in [0.05, 0.1) is 19.6 Å². The minimum atomic E-state index is -0.910. The SMILES string of the molecule is O=C(O)CCOCCNC(=O)[C@H]1CCC[C@H]1CNC(=O)OCC1c2ccccc2-c2ccccc21. The van der Waals surface area contributed by atoms with Gasteiger partial charge in [-0.2, -0.15) is 0 Å². The minimum Gasteiger partial charge on any atom is -0.481 e. The summed E-state index contributed by atoms with van der Waals surface area (Å²) in [5.41, 5.74) is 4.70. The number of carbonyl (C=O) groups excluding carboxylic acids is 2. The van der Waals surface area contributed by atoms with E-state index in [9.17, 15) is 14.4 Å². The van der Waals surface area contributed by atoms with Crippen molar-refractivity contribution in [3.63, 3.8) is 0 Å². The summed E-state index contributed by atoms with van der Waals surface area (Å²) in [5, 5.41) is 14.3. The Labute approximate surface area is 205 Å². The number of fused-ring (bicyclic) bond motifs is 3. The van der Waals surface area contributed by atoms with Gasteiger partial charge in [-0.3, -0.25) is 9.59 Å². The van der Waals surface area contributed by atoms with Crippen LogP contribution in [0.2, 0.25) is 0 Å². The van der Waals surface area contributed by atoms with E-state index in [-0.39, 0.29) is 49.9 Å². The highest BCUT2D eigenvalue weighted by Gasteiger charge is 2.33. The fourth-order valence-corrected chi connectivity index (χ4v) is 5.13. The van der Waals surface area contributed by atoms with Gasteiger partial charge in [0, 0.05) is 24.9 Å². The summed E-state index contributed by atoms with van der Waals surface area (Å²) >= 11 is 0. The molecule has 0 aliphatic heterocycles. The number of aliphatic carboxylic acids is 1. The highest BCUT2D eigenvalue weighted by atomic mass is 16.5. The van der Waals surface area contributed by atoms with Crippen LogP contribution in [0.3, 0.4) is 0 Å². The van der Waals surface area contributed by atoms with Crippen molar-refractivity contribution in [2.24, 2.45) is 11.8 Å². The Morgan fingerprint density at radius 2 is 1.60 bits per heavy atom. The number of amides is 2. The van der Waals surface area contributed by atoms with E-state index in [0.29, 0.717) is 13.1 Å². The van der Waals surface area contributed by atoms with Gasteiger partial charge in [0.25, 0.3) is 0 Å². The molecule has 186 valence electrons. The summed E-state index contributed by atoms with van der Waals surface area (Å²) in [5.74, 6) is -1.06. The van der Waals surface area contributed by atoms with Crippen LogP contribution in [0.5, 0.6) is 0 Å². The van der Waals surface area contributed by atoms with E-state index in [1.807, 2.05) is 24.3 Å².